The van der Waals surface area contributed by atoms with Crippen LogP contribution in [0.15, 0.2) is 48.3 Å². The Morgan fingerprint density at radius 1 is 1.04 bits per heavy atom. The molecule has 0 radical (unpaired) electrons. The van der Waals surface area contributed by atoms with Gasteiger partial charge in [-0.15, -0.1) is 0 Å². The van der Waals surface area contributed by atoms with Crippen LogP contribution in [0.4, 0.5) is 0 Å². The molecule has 0 heterocycles. The molecule has 0 saturated carbocycles. The van der Waals surface area contributed by atoms with Crippen LogP contribution in [0.1, 0.15) is 32.8 Å². The van der Waals surface area contributed by atoms with Crippen molar-refractivity contribution >= 4 is 14.4 Å². The molecule has 0 aliphatic heterocycles. The zero-order valence-corrected chi connectivity index (χ0v) is 18.1. The molecule has 27 heavy (non-hydrogen) atoms. The van der Waals surface area contributed by atoms with Gasteiger partial charge in [0.1, 0.15) is 17.3 Å². The average molecular weight is 389 g/mol. The summed E-state index contributed by atoms with van der Waals surface area (Å²) < 4.78 is 17.6. The fourth-order valence-electron chi connectivity index (χ4n) is 3.39. The van der Waals surface area contributed by atoms with Crippen LogP contribution in [0.3, 0.4) is 0 Å². The predicted octanol–water partition coefficient (Wildman–Crippen LogP) is 5.88. The summed E-state index contributed by atoms with van der Waals surface area (Å²) >= 11 is 0. The van der Waals surface area contributed by atoms with Crippen molar-refractivity contribution in [3.05, 3.63) is 53.8 Å². The molecule has 2 rings (SSSR count). The van der Waals surface area contributed by atoms with Gasteiger partial charge >= 0.3 is 0 Å². The van der Waals surface area contributed by atoms with E-state index in [2.05, 4.69) is 26.8 Å². The van der Waals surface area contributed by atoms with E-state index in [1.807, 2.05) is 36.4 Å². The molecule has 1 N–H and O–H groups in total. The number of methoxy groups -OCH3 is 2. The number of allylic oxidation sites excluding steroid dienone is 1. The maximum atomic E-state index is 9.81. The van der Waals surface area contributed by atoms with Crippen molar-refractivity contribution in [1.82, 2.24) is 0 Å². The fourth-order valence-corrected chi connectivity index (χ4v) is 6.35. The molecule has 4 nitrogen and oxygen atoms in total. The standard InChI is InChI=1S/C22H32O4Si/c1-6-27(7-2,8-3)26-22(13-10-19(23)11-14-22)12-9-18-15-20(24-4)17-21(16-18)25-5/h9-13,15-17,23H,6-8,14H2,1-5H3/b12-9+. The van der Waals surface area contributed by atoms with Crippen LogP contribution in [0.5, 0.6) is 11.5 Å². The van der Waals surface area contributed by atoms with Gasteiger partial charge in [0, 0.05) is 12.5 Å². The molecule has 1 aliphatic carbocycles. The first-order valence-corrected chi connectivity index (χ1v) is 12.2. The Hall–Kier alpha value is -1.98. The lowest BCUT2D eigenvalue weighted by Gasteiger charge is -2.40. The average Bonchev–Trinajstić information content (AvgIpc) is 2.72. The predicted molar refractivity (Wildman–Crippen MR) is 114 cm³/mol. The Morgan fingerprint density at radius 2 is 1.63 bits per heavy atom. The quantitative estimate of drug-likeness (QED) is 0.537. The molecule has 0 aromatic heterocycles. The molecule has 1 aliphatic rings. The summed E-state index contributed by atoms with van der Waals surface area (Å²) in [6.45, 7) is 6.68. The topological polar surface area (TPSA) is 47.9 Å². The third-order valence-electron chi connectivity index (χ3n) is 5.44. The summed E-state index contributed by atoms with van der Waals surface area (Å²) in [7, 11) is 1.46. The van der Waals surface area contributed by atoms with Crippen LogP contribution in [0.25, 0.3) is 6.08 Å². The minimum atomic E-state index is -1.84. The maximum absolute atomic E-state index is 9.81. The van der Waals surface area contributed by atoms with Crippen LogP contribution < -0.4 is 9.47 Å². The van der Waals surface area contributed by atoms with Gasteiger partial charge in [-0.1, -0.05) is 26.8 Å². The van der Waals surface area contributed by atoms with E-state index in [1.165, 1.54) is 0 Å². The Balaban J connectivity index is 2.38. The molecule has 1 aromatic carbocycles. The summed E-state index contributed by atoms with van der Waals surface area (Å²) in [5.41, 5.74) is 0.453. The normalized spacial score (nSPS) is 20.0. The summed E-state index contributed by atoms with van der Waals surface area (Å²) in [6.07, 6.45) is 10.3. The van der Waals surface area contributed by atoms with Gasteiger partial charge in [0.2, 0.25) is 0 Å². The second kappa shape index (κ2) is 9.29. The SMILES string of the molecule is CC[Si](CC)(CC)OC1(/C=C/c2cc(OC)cc(OC)c2)C=CC(O)=CC1. The zero-order chi connectivity index (χ0) is 19.9. The molecule has 1 atom stereocenters. The molecule has 0 fully saturated rings. The monoisotopic (exact) mass is 388 g/mol. The van der Waals surface area contributed by atoms with E-state index in [-0.39, 0.29) is 0 Å². The van der Waals surface area contributed by atoms with Gasteiger partial charge < -0.3 is 19.0 Å². The highest BCUT2D eigenvalue weighted by Gasteiger charge is 2.38. The molecular formula is C22H32O4Si. The van der Waals surface area contributed by atoms with Crippen molar-refractivity contribution < 1.29 is 19.0 Å². The maximum Gasteiger partial charge on any atom is 0.193 e. The van der Waals surface area contributed by atoms with Crippen molar-refractivity contribution in [3.8, 4) is 11.5 Å². The van der Waals surface area contributed by atoms with E-state index in [0.717, 1.165) is 35.2 Å². The van der Waals surface area contributed by atoms with Crippen LogP contribution >= 0.6 is 0 Å². The summed E-state index contributed by atoms with van der Waals surface area (Å²) in [4.78, 5) is 0. The number of aliphatic hydroxyl groups is 1. The van der Waals surface area contributed by atoms with E-state index < -0.39 is 13.9 Å². The number of hydrogen-bond donors (Lipinski definition) is 1. The minimum absolute atomic E-state index is 0.294. The fraction of sp³-hybridized carbons (Fsp3) is 0.455. The summed E-state index contributed by atoms with van der Waals surface area (Å²) in [5.74, 6) is 1.79. The molecule has 0 saturated heterocycles. The van der Waals surface area contributed by atoms with Crippen LogP contribution in [-0.2, 0) is 4.43 Å². The molecule has 1 unspecified atom stereocenters. The van der Waals surface area contributed by atoms with E-state index in [4.69, 9.17) is 13.9 Å². The number of ether oxygens (including phenoxy) is 2. The molecular weight excluding hydrogens is 356 g/mol. The Kier molecular flexibility index (Phi) is 7.33. The lowest BCUT2D eigenvalue weighted by atomic mass is 9.93. The van der Waals surface area contributed by atoms with Crippen molar-refractivity contribution in [2.75, 3.05) is 14.2 Å². The Morgan fingerprint density at radius 3 is 2.07 bits per heavy atom. The highest BCUT2D eigenvalue weighted by molar-refractivity contribution is 6.73. The largest absolute Gasteiger partial charge is 0.508 e. The number of hydrogen-bond acceptors (Lipinski definition) is 4. The second-order valence-electron chi connectivity index (χ2n) is 6.95. The molecule has 0 amide bonds. The first-order chi connectivity index (χ1) is 12.9. The van der Waals surface area contributed by atoms with Crippen molar-refractivity contribution in [2.45, 2.75) is 50.9 Å². The van der Waals surface area contributed by atoms with Gasteiger partial charge in [-0.3, -0.25) is 0 Å². The number of benzene rings is 1. The Labute approximate surface area is 164 Å². The molecule has 1 aromatic rings. The lowest BCUT2D eigenvalue weighted by molar-refractivity contribution is 0.156. The zero-order valence-electron chi connectivity index (χ0n) is 17.1. The first-order valence-electron chi connectivity index (χ1n) is 9.64. The van der Waals surface area contributed by atoms with Gasteiger partial charge in [0.15, 0.2) is 8.32 Å². The van der Waals surface area contributed by atoms with Gasteiger partial charge in [-0.2, -0.15) is 0 Å². The third-order valence-corrected chi connectivity index (χ3v) is 10.1. The van der Waals surface area contributed by atoms with Gasteiger partial charge in [-0.25, -0.2) is 0 Å². The van der Waals surface area contributed by atoms with E-state index in [0.29, 0.717) is 12.2 Å². The van der Waals surface area contributed by atoms with Crippen molar-refractivity contribution in [2.24, 2.45) is 0 Å². The minimum Gasteiger partial charge on any atom is -0.508 e. The highest BCUT2D eigenvalue weighted by Crippen LogP contribution is 2.35. The van der Waals surface area contributed by atoms with Gasteiger partial charge in [0.05, 0.1) is 19.8 Å². The third kappa shape index (κ3) is 5.27. The van der Waals surface area contributed by atoms with Crippen LogP contribution in [-0.4, -0.2) is 33.2 Å². The lowest BCUT2D eigenvalue weighted by Crippen LogP contribution is -2.45. The number of aliphatic hydroxyl groups excluding tert-OH is 1. The summed E-state index contributed by atoms with van der Waals surface area (Å²) in [6, 6.07) is 9.02. The number of rotatable bonds is 9. The Bertz CT molecular complexity index is 689. The highest BCUT2D eigenvalue weighted by atomic mass is 28.4. The van der Waals surface area contributed by atoms with E-state index in [9.17, 15) is 5.11 Å². The second-order valence-corrected chi connectivity index (χ2v) is 11.6. The summed E-state index contributed by atoms with van der Waals surface area (Å²) in [5, 5.41) is 9.81. The van der Waals surface area contributed by atoms with Gasteiger partial charge in [-0.05, 0) is 60.1 Å². The van der Waals surface area contributed by atoms with E-state index in [1.54, 1.807) is 20.3 Å². The molecule has 5 heteroatoms. The van der Waals surface area contributed by atoms with Crippen molar-refractivity contribution in [1.29, 1.82) is 0 Å². The first kappa shape index (κ1) is 21.3. The van der Waals surface area contributed by atoms with Crippen molar-refractivity contribution in [3.63, 3.8) is 0 Å². The van der Waals surface area contributed by atoms with Gasteiger partial charge in [0.25, 0.3) is 0 Å². The smallest absolute Gasteiger partial charge is 0.193 e. The van der Waals surface area contributed by atoms with Crippen LogP contribution in [0, 0.1) is 0 Å². The van der Waals surface area contributed by atoms with Crippen LogP contribution in [0.2, 0.25) is 18.1 Å². The molecule has 148 valence electrons. The molecule has 0 bridgehead atoms. The molecule has 0 spiro atoms. The van der Waals surface area contributed by atoms with E-state index >= 15 is 0 Å².